The van der Waals surface area contributed by atoms with E-state index in [2.05, 4.69) is 4.98 Å². The van der Waals surface area contributed by atoms with E-state index in [0.29, 0.717) is 29.1 Å². The number of H-pyrrole nitrogens is 1. The number of aromatic nitrogens is 1. The van der Waals surface area contributed by atoms with Crippen LogP contribution in [0.2, 0.25) is 0 Å². The number of rotatable bonds is 3. The molecule has 76 valence electrons. The van der Waals surface area contributed by atoms with Crippen molar-refractivity contribution in [1.82, 2.24) is 4.98 Å². The second-order valence-electron chi connectivity index (χ2n) is 3.00. The van der Waals surface area contributed by atoms with E-state index in [1.165, 1.54) is 0 Å². The zero-order chi connectivity index (χ0) is 10.7. The number of esters is 1. The van der Waals surface area contributed by atoms with E-state index >= 15 is 0 Å². The summed E-state index contributed by atoms with van der Waals surface area (Å²) in [6, 6.07) is 0. The number of nitrogens with one attached hydrogen (secondary N) is 1. The number of ether oxygens (including phenoxy) is 1. The molecule has 0 aliphatic heterocycles. The number of aromatic amines is 1. The van der Waals surface area contributed by atoms with Gasteiger partial charge in [-0.15, -0.1) is 0 Å². The van der Waals surface area contributed by atoms with Crippen molar-refractivity contribution in [1.29, 1.82) is 0 Å². The first kappa shape index (κ1) is 10.5. The fraction of sp³-hybridized carbons (Fsp3) is 0.400. The van der Waals surface area contributed by atoms with Gasteiger partial charge in [-0.1, -0.05) is 0 Å². The molecule has 1 aromatic rings. The maximum atomic E-state index is 11.4. The van der Waals surface area contributed by atoms with Crippen LogP contribution in [0.25, 0.3) is 0 Å². The zero-order valence-corrected chi connectivity index (χ0v) is 8.51. The molecule has 0 bridgehead atoms. The Morgan fingerprint density at radius 3 is 2.57 bits per heavy atom. The van der Waals surface area contributed by atoms with E-state index in [9.17, 15) is 9.59 Å². The summed E-state index contributed by atoms with van der Waals surface area (Å²) in [4.78, 5) is 24.9. The van der Waals surface area contributed by atoms with Crippen molar-refractivity contribution in [3.63, 3.8) is 0 Å². The number of hydrogen-bond donors (Lipinski definition) is 1. The molecule has 0 aliphatic rings. The minimum Gasteiger partial charge on any atom is -0.461 e. The molecule has 0 aromatic carbocycles. The smallest absolute Gasteiger partial charge is 0.355 e. The van der Waals surface area contributed by atoms with Crippen molar-refractivity contribution in [2.45, 2.75) is 20.8 Å². The van der Waals surface area contributed by atoms with Gasteiger partial charge >= 0.3 is 5.97 Å². The average Bonchev–Trinajstić information content (AvgIpc) is 2.42. The van der Waals surface area contributed by atoms with Gasteiger partial charge < -0.3 is 9.72 Å². The maximum Gasteiger partial charge on any atom is 0.355 e. The maximum absolute atomic E-state index is 11.4. The molecule has 0 atom stereocenters. The first-order chi connectivity index (χ1) is 6.61. The lowest BCUT2D eigenvalue weighted by atomic mass is 10.1. The average molecular weight is 195 g/mol. The lowest BCUT2D eigenvalue weighted by molar-refractivity contribution is 0.0519. The number of aldehydes is 1. The summed E-state index contributed by atoms with van der Waals surface area (Å²) < 4.78 is 4.84. The number of aryl methyl sites for hydroxylation is 1. The van der Waals surface area contributed by atoms with Gasteiger partial charge in [-0.05, 0) is 26.3 Å². The van der Waals surface area contributed by atoms with E-state index in [0.717, 1.165) is 6.29 Å². The van der Waals surface area contributed by atoms with Gasteiger partial charge in [-0.2, -0.15) is 0 Å². The Morgan fingerprint density at radius 2 is 2.14 bits per heavy atom. The highest BCUT2D eigenvalue weighted by Crippen LogP contribution is 2.16. The van der Waals surface area contributed by atoms with Crippen LogP contribution in [0.15, 0.2) is 0 Å². The second-order valence-corrected chi connectivity index (χ2v) is 3.00. The highest BCUT2D eigenvalue weighted by Gasteiger charge is 2.17. The van der Waals surface area contributed by atoms with Gasteiger partial charge in [0.2, 0.25) is 0 Å². The molecule has 0 amide bonds. The van der Waals surface area contributed by atoms with Gasteiger partial charge in [0.1, 0.15) is 5.69 Å². The molecule has 4 heteroatoms. The number of carbonyl (C=O) groups is 2. The Morgan fingerprint density at radius 1 is 1.50 bits per heavy atom. The van der Waals surface area contributed by atoms with Crippen molar-refractivity contribution in [3.8, 4) is 0 Å². The lowest BCUT2D eigenvalue weighted by Crippen LogP contribution is -2.06. The molecular weight excluding hydrogens is 182 g/mol. The van der Waals surface area contributed by atoms with E-state index in [1.807, 2.05) is 0 Å². The molecule has 1 N–H and O–H groups in total. The molecule has 0 unspecified atom stereocenters. The molecule has 0 aliphatic carbocycles. The monoisotopic (exact) mass is 195 g/mol. The molecule has 0 saturated carbocycles. The van der Waals surface area contributed by atoms with Gasteiger partial charge in [0.15, 0.2) is 6.29 Å². The van der Waals surface area contributed by atoms with Gasteiger partial charge in [0, 0.05) is 11.3 Å². The van der Waals surface area contributed by atoms with Crippen LogP contribution in [0.1, 0.15) is 39.0 Å². The molecular formula is C10H13NO3. The van der Waals surface area contributed by atoms with Crippen LogP contribution in [0.4, 0.5) is 0 Å². The minimum atomic E-state index is -0.416. The molecule has 0 spiro atoms. The van der Waals surface area contributed by atoms with Gasteiger partial charge in [0.05, 0.1) is 6.61 Å². The van der Waals surface area contributed by atoms with Crippen LogP contribution in [-0.4, -0.2) is 23.8 Å². The van der Waals surface area contributed by atoms with Crippen LogP contribution in [-0.2, 0) is 4.74 Å². The van der Waals surface area contributed by atoms with E-state index in [-0.39, 0.29) is 0 Å². The summed E-state index contributed by atoms with van der Waals surface area (Å²) in [5.74, 6) is -0.416. The van der Waals surface area contributed by atoms with Crippen molar-refractivity contribution in [3.05, 3.63) is 22.5 Å². The third-order valence-electron chi connectivity index (χ3n) is 2.09. The quantitative estimate of drug-likeness (QED) is 0.589. The first-order valence-corrected chi connectivity index (χ1v) is 4.43. The summed E-state index contributed by atoms with van der Waals surface area (Å²) in [7, 11) is 0. The van der Waals surface area contributed by atoms with Crippen molar-refractivity contribution in [2.24, 2.45) is 0 Å². The van der Waals surface area contributed by atoms with Gasteiger partial charge in [-0.25, -0.2) is 4.79 Å². The van der Waals surface area contributed by atoms with Crippen molar-refractivity contribution >= 4 is 12.3 Å². The standard InChI is InChI=1S/C10H13NO3/c1-4-14-10(13)9-6(2)8(5-12)7(3)11-9/h5,11H,4H2,1-3H3. The Kier molecular flexibility index (Phi) is 3.06. The van der Waals surface area contributed by atoms with Crippen LogP contribution in [0.3, 0.4) is 0 Å². The molecule has 0 fully saturated rings. The molecule has 4 nitrogen and oxygen atoms in total. The highest BCUT2D eigenvalue weighted by atomic mass is 16.5. The SMILES string of the molecule is CCOC(=O)c1[nH]c(C)c(C=O)c1C. The Labute approximate surface area is 82.3 Å². The number of hydrogen-bond acceptors (Lipinski definition) is 3. The summed E-state index contributed by atoms with van der Waals surface area (Å²) in [6.07, 6.45) is 0.740. The van der Waals surface area contributed by atoms with Crippen molar-refractivity contribution in [2.75, 3.05) is 6.61 Å². The largest absolute Gasteiger partial charge is 0.461 e. The fourth-order valence-corrected chi connectivity index (χ4v) is 1.35. The Hall–Kier alpha value is -1.58. The predicted octanol–water partition coefficient (Wildman–Crippen LogP) is 1.62. The fourth-order valence-electron chi connectivity index (χ4n) is 1.35. The highest BCUT2D eigenvalue weighted by molar-refractivity contribution is 5.93. The first-order valence-electron chi connectivity index (χ1n) is 4.43. The lowest BCUT2D eigenvalue weighted by Gasteiger charge is -1.99. The Balaban J connectivity index is 3.10. The van der Waals surface area contributed by atoms with Crippen LogP contribution >= 0.6 is 0 Å². The van der Waals surface area contributed by atoms with E-state index in [4.69, 9.17) is 4.74 Å². The summed E-state index contributed by atoms with van der Waals surface area (Å²) >= 11 is 0. The zero-order valence-electron chi connectivity index (χ0n) is 8.51. The van der Waals surface area contributed by atoms with E-state index < -0.39 is 5.97 Å². The summed E-state index contributed by atoms with van der Waals surface area (Å²) in [5.41, 5.74) is 2.25. The molecule has 1 rings (SSSR count). The van der Waals surface area contributed by atoms with Crippen LogP contribution in [0.5, 0.6) is 0 Å². The molecule has 14 heavy (non-hydrogen) atoms. The van der Waals surface area contributed by atoms with Gasteiger partial charge in [-0.3, -0.25) is 4.79 Å². The molecule has 0 radical (unpaired) electrons. The summed E-state index contributed by atoms with van der Waals surface area (Å²) in [5, 5.41) is 0. The second kappa shape index (κ2) is 4.09. The third kappa shape index (κ3) is 1.69. The van der Waals surface area contributed by atoms with Crippen molar-refractivity contribution < 1.29 is 14.3 Å². The third-order valence-corrected chi connectivity index (χ3v) is 2.09. The van der Waals surface area contributed by atoms with Gasteiger partial charge in [0.25, 0.3) is 0 Å². The van der Waals surface area contributed by atoms with Crippen LogP contribution < -0.4 is 0 Å². The van der Waals surface area contributed by atoms with Crippen LogP contribution in [0, 0.1) is 13.8 Å². The predicted molar refractivity (Wildman–Crippen MR) is 51.6 cm³/mol. The molecule has 1 heterocycles. The number of carbonyl (C=O) groups excluding carboxylic acids is 2. The normalized spacial score (nSPS) is 9.93. The summed E-state index contributed by atoms with van der Waals surface area (Å²) in [6.45, 7) is 5.54. The van der Waals surface area contributed by atoms with E-state index in [1.54, 1.807) is 20.8 Å². The molecule has 0 saturated heterocycles. The molecule has 1 aromatic heterocycles. The minimum absolute atomic E-state index is 0.326. The topological polar surface area (TPSA) is 59.2 Å². The Bertz CT molecular complexity index is 366.